The largest absolute Gasteiger partial charge is 0.489 e. The molecule has 2 rings (SSSR count). The van der Waals surface area contributed by atoms with Crippen LogP contribution >= 0.6 is 15.9 Å². The van der Waals surface area contributed by atoms with Gasteiger partial charge in [0.05, 0.1) is 7.11 Å². The van der Waals surface area contributed by atoms with Crippen molar-refractivity contribution in [3.8, 4) is 5.75 Å². The van der Waals surface area contributed by atoms with Crippen LogP contribution < -0.4 is 4.74 Å². The lowest BCUT2D eigenvalue weighted by Crippen LogP contribution is -2.16. The molecule has 0 aliphatic heterocycles. The fourth-order valence-electron chi connectivity index (χ4n) is 1.68. The molecule has 0 aromatic heterocycles. The summed E-state index contributed by atoms with van der Waals surface area (Å²) in [5.74, 6) is -0.114. The molecule has 18 heavy (non-hydrogen) atoms. The van der Waals surface area contributed by atoms with E-state index in [2.05, 4.69) is 15.9 Å². The van der Waals surface area contributed by atoms with E-state index in [1.54, 1.807) is 19.1 Å². The zero-order valence-electron chi connectivity index (χ0n) is 10.3. The topological polar surface area (TPSA) is 35.5 Å². The number of methoxy groups -OCH3 is 1. The number of hydrogen-bond donors (Lipinski definition) is 0. The molecule has 0 spiro atoms. The molecule has 0 radical (unpaired) electrons. The summed E-state index contributed by atoms with van der Waals surface area (Å²) >= 11 is 3.33. The van der Waals surface area contributed by atoms with Gasteiger partial charge >= 0.3 is 5.97 Å². The summed E-state index contributed by atoms with van der Waals surface area (Å²) in [7, 11) is 1.31. The molecule has 0 heterocycles. The Morgan fingerprint density at radius 1 is 1.50 bits per heavy atom. The second-order valence-electron chi connectivity index (χ2n) is 4.53. The predicted molar refractivity (Wildman–Crippen MR) is 68.8 cm³/mol. The molecule has 0 amide bonds. The van der Waals surface area contributed by atoms with Gasteiger partial charge in [0.15, 0.2) is 0 Å². The first-order chi connectivity index (χ1) is 8.45. The molecule has 0 N–H and O–H groups in total. The van der Waals surface area contributed by atoms with Crippen LogP contribution in [0.5, 0.6) is 5.75 Å². The summed E-state index contributed by atoms with van der Waals surface area (Å²) in [5.41, 5.74) is -0.135. The molecule has 1 aliphatic carbocycles. The molecule has 3 nitrogen and oxygen atoms in total. The van der Waals surface area contributed by atoms with Crippen molar-refractivity contribution in [2.45, 2.75) is 25.4 Å². The lowest BCUT2D eigenvalue weighted by atomic mass is 10.1. The third-order valence-electron chi connectivity index (χ3n) is 2.93. The van der Waals surface area contributed by atoms with Gasteiger partial charge in [-0.05, 0) is 37.5 Å². The monoisotopic (exact) mass is 316 g/mol. The summed E-state index contributed by atoms with van der Waals surface area (Å²) < 4.78 is 24.5. The van der Waals surface area contributed by atoms with Crippen molar-refractivity contribution in [2.24, 2.45) is 0 Å². The number of rotatable bonds is 4. The molecule has 1 aromatic rings. The Labute approximate surface area is 113 Å². The Bertz CT molecular complexity index is 483. The summed E-state index contributed by atoms with van der Waals surface area (Å²) in [6, 6.07) is 3.45. The van der Waals surface area contributed by atoms with Crippen LogP contribution in [0.2, 0.25) is 0 Å². The van der Waals surface area contributed by atoms with E-state index in [-0.39, 0.29) is 6.61 Å². The van der Waals surface area contributed by atoms with E-state index in [9.17, 15) is 9.18 Å². The predicted octanol–water partition coefficient (Wildman–Crippen LogP) is 3.43. The fourth-order valence-corrected chi connectivity index (χ4v) is 2.23. The molecule has 5 heteroatoms. The highest BCUT2D eigenvalue weighted by Crippen LogP contribution is 2.40. The quantitative estimate of drug-likeness (QED) is 0.798. The molecule has 0 atom stereocenters. The van der Waals surface area contributed by atoms with Gasteiger partial charge in [0.1, 0.15) is 23.6 Å². The van der Waals surface area contributed by atoms with E-state index in [1.807, 2.05) is 0 Å². The molecule has 1 saturated carbocycles. The van der Waals surface area contributed by atoms with Gasteiger partial charge in [-0.3, -0.25) is 0 Å². The Hall–Kier alpha value is -1.10. The van der Waals surface area contributed by atoms with E-state index in [0.29, 0.717) is 24.2 Å². The van der Waals surface area contributed by atoms with Crippen molar-refractivity contribution >= 4 is 21.9 Å². The zero-order valence-corrected chi connectivity index (χ0v) is 11.8. The fraction of sp³-hybridized carbons (Fsp3) is 0.462. The number of hydrogen-bond acceptors (Lipinski definition) is 3. The molecule has 0 unspecified atom stereocenters. The summed E-state index contributed by atoms with van der Waals surface area (Å²) in [4.78, 5) is 11.7. The normalized spacial score (nSPS) is 16.2. The van der Waals surface area contributed by atoms with Crippen molar-refractivity contribution in [1.82, 2.24) is 0 Å². The summed E-state index contributed by atoms with van der Waals surface area (Å²) in [5, 5.41) is 0. The minimum absolute atomic E-state index is 0.0209. The SMILES string of the molecule is COC(=O)c1c(C)cc(Br)cc1OCC1(F)CC1. The summed E-state index contributed by atoms with van der Waals surface area (Å²) in [6.07, 6.45) is 1.04. The molecule has 98 valence electrons. The number of alkyl halides is 1. The second-order valence-corrected chi connectivity index (χ2v) is 5.44. The maximum absolute atomic E-state index is 13.5. The first kappa shape index (κ1) is 13.3. The molecule has 1 fully saturated rings. The van der Waals surface area contributed by atoms with Crippen molar-refractivity contribution in [3.05, 3.63) is 27.7 Å². The molecule has 0 saturated heterocycles. The van der Waals surface area contributed by atoms with Crippen LogP contribution in [0, 0.1) is 6.92 Å². The van der Waals surface area contributed by atoms with E-state index in [1.165, 1.54) is 7.11 Å². The van der Waals surface area contributed by atoms with Crippen LogP contribution in [0.1, 0.15) is 28.8 Å². The van der Waals surface area contributed by atoms with Gasteiger partial charge in [-0.25, -0.2) is 9.18 Å². The van der Waals surface area contributed by atoms with Gasteiger partial charge in [0, 0.05) is 4.47 Å². The number of ether oxygens (including phenoxy) is 2. The Morgan fingerprint density at radius 2 is 2.17 bits per heavy atom. The number of aryl methyl sites for hydroxylation is 1. The highest BCUT2D eigenvalue weighted by Gasteiger charge is 2.44. The van der Waals surface area contributed by atoms with Gasteiger partial charge < -0.3 is 9.47 Å². The highest BCUT2D eigenvalue weighted by atomic mass is 79.9. The molecule has 0 bridgehead atoms. The second kappa shape index (κ2) is 4.88. The third kappa shape index (κ3) is 2.83. The minimum atomic E-state index is -1.22. The Balaban J connectivity index is 2.27. The van der Waals surface area contributed by atoms with Crippen LogP contribution in [0.15, 0.2) is 16.6 Å². The smallest absolute Gasteiger partial charge is 0.341 e. The average molecular weight is 317 g/mol. The minimum Gasteiger partial charge on any atom is -0.489 e. The molecule has 1 aromatic carbocycles. The average Bonchev–Trinajstić information content (AvgIpc) is 3.04. The van der Waals surface area contributed by atoms with Crippen LogP contribution in [-0.2, 0) is 4.74 Å². The number of benzene rings is 1. The number of esters is 1. The molecule has 1 aliphatic rings. The first-order valence-electron chi connectivity index (χ1n) is 5.65. The van der Waals surface area contributed by atoms with Crippen molar-refractivity contribution < 1.29 is 18.7 Å². The Morgan fingerprint density at radius 3 is 2.72 bits per heavy atom. The van der Waals surface area contributed by atoms with Crippen LogP contribution in [0.4, 0.5) is 4.39 Å². The van der Waals surface area contributed by atoms with Crippen LogP contribution in [-0.4, -0.2) is 25.4 Å². The lowest BCUT2D eigenvalue weighted by molar-refractivity contribution is 0.0592. The Kier molecular flexibility index (Phi) is 3.61. The number of carbonyl (C=O) groups excluding carboxylic acids is 1. The standard InChI is InChI=1S/C13H14BrFO3/c1-8-5-9(14)6-10(11(8)12(16)17-2)18-7-13(15)3-4-13/h5-6H,3-4,7H2,1-2H3. The van der Waals surface area contributed by atoms with E-state index in [0.717, 1.165) is 10.0 Å². The van der Waals surface area contributed by atoms with Gasteiger partial charge in [-0.1, -0.05) is 15.9 Å². The van der Waals surface area contributed by atoms with Crippen molar-refractivity contribution in [1.29, 1.82) is 0 Å². The lowest BCUT2D eigenvalue weighted by Gasteiger charge is -2.14. The third-order valence-corrected chi connectivity index (χ3v) is 3.39. The maximum atomic E-state index is 13.5. The van der Waals surface area contributed by atoms with E-state index in [4.69, 9.17) is 9.47 Å². The van der Waals surface area contributed by atoms with Gasteiger partial charge in [0.25, 0.3) is 0 Å². The van der Waals surface area contributed by atoms with Crippen LogP contribution in [0.25, 0.3) is 0 Å². The van der Waals surface area contributed by atoms with Gasteiger partial charge in [-0.15, -0.1) is 0 Å². The zero-order chi connectivity index (χ0) is 13.3. The van der Waals surface area contributed by atoms with E-state index >= 15 is 0 Å². The number of halogens is 2. The first-order valence-corrected chi connectivity index (χ1v) is 6.45. The molecular formula is C13H14BrFO3. The van der Waals surface area contributed by atoms with Crippen molar-refractivity contribution in [3.63, 3.8) is 0 Å². The number of carbonyl (C=O) groups is 1. The molecular weight excluding hydrogens is 303 g/mol. The van der Waals surface area contributed by atoms with Gasteiger partial charge in [0.2, 0.25) is 0 Å². The van der Waals surface area contributed by atoms with E-state index < -0.39 is 11.6 Å². The maximum Gasteiger partial charge on any atom is 0.341 e. The summed E-state index contributed by atoms with van der Waals surface area (Å²) in [6.45, 7) is 1.76. The highest BCUT2D eigenvalue weighted by molar-refractivity contribution is 9.10. The van der Waals surface area contributed by atoms with Crippen molar-refractivity contribution in [2.75, 3.05) is 13.7 Å². The van der Waals surface area contributed by atoms with Crippen LogP contribution in [0.3, 0.4) is 0 Å². The van der Waals surface area contributed by atoms with Gasteiger partial charge in [-0.2, -0.15) is 0 Å².